The molecule has 92 valence electrons. The number of unbranched alkanes of at least 4 members (excludes halogenated alkanes) is 1. The van der Waals surface area contributed by atoms with Gasteiger partial charge in [-0.05, 0) is 25.0 Å². The van der Waals surface area contributed by atoms with Crippen LogP contribution < -0.4 is 5.32 Å². The average Bonchev–Trinajstić information content (AvgIpc) is 2.65. The lowest BCUT2D eigenvalue weighted by atomic mass is 10.3. The number of carbonyl (C=O) groups is 1. The molecule has 0 saturated heterocycles. The zero-order valence-corrected chi connectivity index (χ0v) is 10.8. The van der Waals surface area contributed by atoms with Crippen molar-refractivity contribution in [2.45, 2.75) is 19.4 Å². The van der Waals surface area contributed by atoms with E-state index < -0.39 is 0 Å². The summed E-state index contributed by atoms with van der Waals surface area (Å²) >= 11 is 6.07. The van der Waals surface area contributed by atoms with Gasteiger partial charge in [0, 0.05) is 19.3 Å². The minimum absolute atomic E-state index is 0.179. The maximum Gasteiger partial charge on any atom is 0.269 e. The van der Waals surface area contributed by atoms with Crippen molar-refractivity contribution in [1.82, 2.24) is 9.88 Å². The fourth-order valence-electron chi connectivity index (χ4n) is 1.69. The first-order valence-corrected chi connectivity index (χ1v) is 5.88. The Kier molecular flexibility index (Phi) is 5.04. The lowest BCUT2D eigenvalue weighted by molar-refractivity contribution is 0.0954. The average molecular weight is 253 g/mol. The third kappa shape index (κ3) is 3.01. The molecule has 17 heavy (non-hydrogen) atoms. The third-order valence-corrected chi connectivity index (χ3v) is 2.81. The number of halogens is 1. The van der Waals surface area contributed by atoms with Gasteiger partial charge in [-0.15, -0.1) is 6.58 Å². The molecule has 0 saturated carbocycles. The number of allylic oxidation sites excluding steroid dienone is 1. The van der Waals surface area contributed by atoms with E-state index in [2.05, 4.69) is 18.5 Å². The summed E-state index contributed by atoms with van der Waals surface area (Å²) in [7, 11) is 1.59. The van der Waals surface area contributed by atoms with Crippen LogP contribution in [0.1, 0.15) is 29.0 Å². The summed E-state index contributed by atoms with van der Waals surface area (Å²) in [6.45, 7) is 8.13. The van der Waals surface area contributed by atoms with Gasteiger partial charge < -0.3 is 9.88 Å². The Morgan fingerprint density at radius 1 is 1.59 bits per heavy atom. The molecule has 0 aliphatic carbocycles. The van der Waals surface area contributed by atoms with E-state index in [1.165, 1.54) is 0 Å². The highest BCUT2D eigenvalue weighted by molar-refractivity contribution is 6.33. The number of hydrogen-bond donors (Lipinski definition) is 1. The molecule has 1 heterocycles. The molecule has 1 amide bonds. The third-order valence-electron chi connectivity index (χ3n) is 2.52. The molecule has 0 unspecified atom stereocenters. The Hall–Kier alpha value is -1.48. The van der Waals surface area contributed by atoms with E-state index in [1.807, 2.05) is 10.6 Å². The molecule has 0 aliphatic rings. The molecule has 0 bridgehead atoms. The zero-order valence-electron chi connectivity index (χ0n) is 10.0. The first kappa shape index (κ1) is 13.6. The highest BCUT2D eigenvalue weighted by Gasteiger charge is 2.17. The number of nitrogens with zero attached hydrogens (tertiary/aromatic N) is 1. The van der Waals surface area contributed by atoms with Crippen LogP contribution in [0.5, 0.6) is 0 Å². The molecule has 1 aromatic heterocycles. The van der Waals surface area contributed by atoms with E-state index in [-0.39, 0.29) is 5.91 Å². The minimum atomic E-state index is -0.179. The van der Waals surface area contributed by atoms with Gasteiger partial charge in [0.25, 0.3) is 5.91 Å². The molecule has 0 spiro atoms. The first-order chi connectivity index (χ1) is 8.15. The molecule has 0 aliphatic heterocycles. The van der Waals surface area contributed by atoms with Gasteiger partial charge in [0.15, 0.2) is 0 Å². The van der Waals surface area contributed by atoms with Gasteiger partial charge in [-0.3, -0.25) is 4.79 Å². The Bertz CT molecular complexity index is 435. The normalized spacial score (nSPS) is 10.0. The minimum Gasteiger partial charge on any atom is -0.354 e. The van der Waals surface area contributed by atoms with Crippen molar-refractivity contribution < 1.29 is 4.79 Å². The molecule has 0 fully saturated rings. The van der Waals surface area contributed by atoms with E-state index in [0.717, 1.165) is 25.1 Å². The van der Waals surface area contributed by atoms with Crippen LogP contribution >= 0.6 is 11.6 Å². The molecule has 3 nitrogen and oxygen atoms in total. The standard InChI is InChI=1S/C13H17ClN2O/c1-4-6-7-8-16-10(5-2)9-11(14)12(16)13(17)15-3/h4-5,9H,1-2,6-8H2,3H3,(H,15,17). The molecule has 0 radical (unpaired) electrons. The summed E-state index contributed by atoms with van der Waals surface area (Å²) < 4.78 is 1.89. The molecule has 0 aromatic carbocycles. The van der Waals surface area contributed by atoms with Crippen LogP contribution in [0.2, 0.25) is 5.02 Å². The van der Waals surface area contributed by atoms with Gasteiger partial charge in [-0.2, -0.15) is 0 Å². The van der Waals surface area contributed by atoms with Crippen LogP contribution in [-0.4, -0.2) is 17.5 Å². The SMILES string of the molecule is C=CCCCn1c(C=C)cc(Cl)c1C(=O)NC. The van der Waals surface area contributed by atoms with Gasteiger partial charge in [0.2, 0.25) is 0 Å². The lowest BCUT2D eigenvalue weighted by Gasteiger charge is -2.10. The Morgan fingerprint density at radius 3 is 2.82 bits per heavy atom. The Morgan fingerprint density at radius 2 is 2.29 bits per heavy atom. The van der Waals surface area contributed by atoms with Gasteiger partial charge >= 0.3 is 0 Å². The number of carbonyl (C=O) groups excluding carboxylic acids is 1. The van der Waals surface area contributed by atoms with Crippen molar-refractivity contribution in [3.63, 3.8) is 0 Å². The van der Waals surface area contributed by atoms with Gasteiger partial charge in [0.1, 0.15) is 5.69 Å². The number of hydrogen-bond acceptors (Lipinski definition) is 1. The van der Waals surface area contributed by atoms with Crippen LogP contribution in [0.25, 0.3) is 6.08 Å². The van der Waals surface area contributed by atoms with Crippen molar-refractivity contribution in [3.8, 4) is 0 Å². The topological polar surface area (TPSA) is 34.0 Å². The zero-order chi connectivity index (χ0) is 12.8. The summed E-state index contributed by atoms with van der Waals surface area (Å²) in [5, 5.41) is 3.05. The summed E-state index contributed by atoms with van der Waals surface area (Å²) in [5.41, 5.74) is 1.35. The second kappa shape index (κ2) is 6.30. The van der Waals surface area contributed by atoms with Gasteiger partial charge in [-0.1, -0.05) is 24.3 Å². The van der Waals surface area contributed by atoms with E-state index in [1.54, 1.807) is 19.2 Å². The summed E-state index contributed by atoms with van der Waals surface area (Å²) in [6, 6.07) is 1.76. The van der Waals surface area contributed by atoms with E-state index in [4.69, 9.17) is 11.6 Å². The monoisotopic (exact) mass is 252 g/mol. The van der Waals surface area contributed by atoms with Crippen molar-refractivity contribution in [1.29, 1.82) is 0 Å². The highest BCUT2D eigenvalue weighted by atomic mass is 35.5. The van der Waals surface area contributed by atoms with E-state index >= 15 is 0 Å². The van der Waals surface area contributed by atoms with Crippen molar-refractivity contribution >= 4 is 23.6 Å². The largest absolute Gasteiger partial charge is 0.354 e. The van der Waals surface area contributed by atoms with Gasteiger partial charge in [0.05, 0.1) is 5.02 Å². The molecule has 1 rings (SSSR count). The Balaban J connectivity index is 3.08. The Labute approximate surface area is 107 Å². The quantitative estimate of drug-likeness (QED) is 0.613. The van der Waals surface area contributed by atoms with Crippen molar-refractivity contribution in [2.24, 2.45) is 0 Å². The molecule has 4 heteroatoms. The summed E-state index contributed by atoms with van der Waals surface area (Å²) in [6.07, 6.45) is 5.38. The molecule has 1 N–H and O–H groups in total. The fraction of sp³-hybridized carbons (Fsp3) is 0.308. The number of rotatable bonds is 6. The van der Waals surface area contributed by atoms with Gasteiger partial charge in [-0.25, -0.2) is 0 Å². The van der Waals surface area contributed by atoms with Crippen LogP contribution in [-0.2, 0) is 6.54 Å². The number of nitrogens with one attached hydrogen (secondary N) is 1. The van der Waals surface area contributed by atoms with Crippen LogP contribution in [0, 0.1) is 0 Å². The van der Waals surface area contributed by atoms with Crippen LogP contribution in [0.4, 0.5) is 0 Å². The summed E-state index contributed by atoms with van der Waals surface area (Å²) in [5.74, 6) is -0.179. The van der Waals surface area contributed by atoms with E-state index in [0.29, 0.717) is 10.7 Å². The predicted octanol–water partition coefficient (Wildman–Crippen LogP) is 3.11. The number of aromatic nitrogens is 1. The molecular formula is C13H17ClN2O. The predicted molar refractivity (Wildman–Crippen MR) is 72.4 cm³/mol. The maximum absolute atomic E-state index is 11.7. The fourth-order valence-corrected chi connectivity index (χ4v) is 1.99. The van der Waals surface area contributed by atoms with Crippen molar-refractivity contribution in [2.75, 3.05) is 7.05 Å². The molecule has 1 aromatic rings. The highest BCUT2D eigenvalue weighted by Crippen LogP contribution is 2.23. The molecule has 0 atom stereocenters. The van der Waals surface area contributed by atoms with E-state index in [9.17, 15) is 4.79 Å². The lowest BCUT2D eigenvalue weighted by Crippen LogP contribution is -2.22. The number of amides is 1. The first-order valence-electron chi connectivity index (χ1n) is 5.50. The van der Waals surface area contributed by atoms with Crippen LogP contribution in [0.3, 0.4) is 0 Å². The smallest absolute Gasteiger partial charge is 0.269 e. The second-order valence-electron chi connectivity index (χ2n) is 3.63. The maximum atomic E-state index is 11.7. The second-order valence-corrected chi connectivity index (χ2v) is 4.04. The molecular weight excluding hydrogens is 236 g/mol. The van der Waals surface area contributed by atoms with Crippen molar-refractivity contribution in [3.05, 3.63) is 41.7 Å². The van der Waals surface area contributed by atoms with Crippen LogP contribution in [0.15, 0.2) is 25.3 Å². The summed E-state index contributed by atoms with van der Waals surface area (Å²) in [4.78, 5) is 11.7.